The first-order chi connectivity index (χ1) is 19.2. The van der Waals surface area contributed by atoms with E-state index >= 15 is 0 Å². The fourth-order valence-corrected chi connectivity index (χ4v) is 6.96. The van der Waals surface area contributed by atoms with Gasteiger partial charge in [0.15, 0.2) is 0 Å². The number of pyridine rings is 3. The number of likely N-dealkylation sites (N-methyl/N-ethyl adjacent to an activating group) is 1. The van der Waals surface area contributed by atoms with Gasteiger partial charge in [-0.15, -0.1) is 0 Å². The van der Waals surface area contributed by atoms with E-state index in [0.717, 1.165) is 65.4 Å². The zero-order valence-corrected chi connectivity index (χ0v) is 22.5. The van der Waals surface area contributed by atoms with Crippen molar-refractivity contribution in [2.45, 2.75) is 18.9 Å². The van der Waals surface area contributed by atoms with Crippen LogP contribution < -0.4 is 15.6 Å². The maximum Gasteiger partial charge on any atom is 0.341 e. The Hall–Kier alpha value is -4.31. The summed E-state index contributed by atoms with van der Waals surface area (Å²) in [7, 11) is 5.63. The molecule has 2 atom stereocenters. The second-order valence-corrected chi connectivity index (χ2v) is 11.1. The molecule has 7 rings (SSSR count). The van der Waals surface area contributed by atoms with Crippen LogP contribution in [-0.2, 0) is 13.5 Å². The van der Waals surface area contributed by atoms with Gasteiger partial charge in [-0.1, -0.05) is 0 Å². The van der Waals surface area contributed by atoms with Crippen molar-refractivity contribution in [1.29, 1.82) is 0 Å². The highest BCUT2D eigenvalue weighted by atomic mass is 19.1. The van der Waals surface area contributed by atoms with Gasteiger partial charge < -0.3 is 24.8 Å². The van der Waals surface area contributed by atoms with Gasteiger partial charge in [-0.25, -0.2) is 14.2 Å². The third-order valence-corrected chi connectivity index (χ3v) is 8.92. The summed E-state index contributed by atoms with van der Waals surface area (Å²) in [6.07, 6.45) is 6.54. The number of halogens is 1. The second-order valence-electron chi connectivity index (χ2n) is 11.1. The number of likely N-dealkylation sites (tertiary alicyclic amines) is 1. The van der Waals surface area contributed by atoms with Gasteiger partial charge in [0.1, 0.15) is 17.0 Å². The van der Waals surface area contributed by atoms with Crippen LogP contribution in [0, 0.1) is 11.7 Å². The number of carbonyl (C=O) groups is 1. The molecule has 2 fully saturated rings. The molecule has 2 aliphatic heterocycles. The summed E-state index contributed by atoms with van der Waals surface area (Å²) >= 11 is 0. The van der Waals surface area contributed by atoms with Crippen molar-refractivity contribution >= 4 is 28.4 Å². The summed E-state index contributed by atoms with van der Waals surface area (Å²) in [4.78, 5) is 39.1. The van der Waals surface area contributed by atoms with E-state index in [0.29, 0.717) is 29.6 Å². The number of aromatic nitrogens is 3. The predicted octanol–water partition coefficient (Wildman–Crippen LogP) is 3.59. The van der Waals surface area contributed by atoms with Gasteiger partial charge in [0, 0.05) is 80.6 Å². The van der Waals surface area contributed by atoms with E-state index < -0.39 is 11.4 Å². The molecule has 10 heteroatoms. The molecule has 0 amide bonds. The first-order valence-electron chi connectivity index (χ1n) is 13.5. The summed E-state index contributed by atoms with van der Waals surface area (Å²) in [5, 5.41) is 13.0. The Kier molecular flexibility index (Phi) is 5.47. The maximum absolute atomic E-state index is 14.9. The van der Waals surface area contributed by atoms with Gasteiger partial charge in [-0.2, -0.15) is 0 Å². The normalized spacial score (nSPS) is 19.6. The molecular weight excluding hydrogens is 511 g/mol. The lowest BCUT2D eigenvalue weighted by molar-refractivity contribution is 0.0695. The van der Waals surface area contributed by atoms with E-state index in [2.05, 4.69) is 27.1 Å². The van der Waals surface area contributed by atoms with Crippen molar-refractivity contribution in [3.63, 3.8) is 0 Å². The Labute approximate surface area is 229 Å². The monoisotopic (exact) mass is 540 g/mol. The van der Waals surface area contributed by atoms with Crippen LogP contribution >= 0.6 is 0 Å². The summed E-state index contributed by atoms with van der Waals surface area (Å²) < 4.78 is 16.4. The first kappa shape index (κ1) is 24.7. The zero-order chi connectivity index (χ0) is 27.9. The number of hydrogen-bond acceptors (Lipinski definition) is 7. The summed E-state index contributed by atoms with van der Waals surface area (Å²) in [6.45, 7) is 2.78. The molecular formula is C30H29FN6O3. The van der Waals surface area contributed by atoms with Crippen LogP contribution in [0.2, 0.25) is 0 Å². The van der Waals surface area contributed by atoms with Gasteiger partial charge >= 0.3 is 5.97 Å². The highest BCUT2D eigenvalue weighted by molar-refractivity contribution is 5.98. The van der Waals surface area contributed by atoms with Crippen LogP contribution in [0.1, 0.15) is 28.0 Å². The standard InChI is InChI=1S/C30H29FN6O3/c1-32-23-8-17(31)7-19-18(23)9-24-26(19)27(37-12-15-4-5-35(2)25(15)14-37)21(11-33-24)16-6-20-28(38)22(30(39)40)13-36(3)29(20)34-10-16/h6-8,10-11,13,15,25,32H,4-5,9,12,14H2,1-3H3,(H,39,40)/t15-,25?/m1/s1. The van der Waals surface area contributed by atoms with Crippen molar-refractivity contribution in [3.8, 4) is 22.3 Å². The topological polar surface area (TPSA) is 104 Å². The molecule has 40 heavy (non-hydrogen) atoms. The van der Waals surface area contributed by atoms with E-state index in [1.54, 1.807) is 37.0 Å². The van der Waals surface area contributed by atoms with Gasteiger partial charge in [-0.05, 0) is 55.3 Å². The lowest BCUT2D eigenvalue weighted by Crippen LogP contribution is -2.32. The van der Waals surface area contributed by atoms with Crippen LogP contribution in [0.15, 0.2) is 41.6 Å². The summed E-state index contributed by atoms with van der Waals surface area (Å²) in [5.74, 6) is -1.06. The predicted molar refractivity (Wildman–Crippen MR) is 152 cm³/mol. The second kappa shape index (κ2) is 8.85. The van der Waals surface area contributed by atoms with Gasteiger partial charge in [0.05, 0.1) is 16.8 Å². The molecule has 204 valence electrons. The van der Waals surface area contributed by atoms with Crippen molar-refractivity contribution in [1.82, 2.24) is 19.4 Å². The van der Waals surface area contributed by atoms with Crippen molar-refractivity contribution in [2.24, 2.45) is 13.0 Å². The number of fused-ring (bicyclic) bond motifs is 5. The smallest absolute Gasteiger partial charge is 0.341 e. The third kappa shape index (κ3) is 3.55. The quantitative estimate of drug-likeness (QED) is 0.357. The Morgan fingerprint density at radius 3 is 2.70 bits per heavy atom. The number of nitrogens with zero attached hydrogens (tertiary/aromatic N) is 5. The van der Waals surface area contributed by atoms with Crippen LogP contribution in [0.4, 0.5) is 15.8 Å². The first-order valence-corrected chi connectivity index (χ1v) is 13.5. The number of hydrogen-bond donors (Lipinski definition) is 2. The molecule has 0 bridgehead atoms. The van der Waals surface area contributed by atoms with E-state index in [1.165, 1.54) is 12.3 Å². The Morgan fingerprint density at radius 2 is 1.95 bits per heavy atom. The molecule has 4 aromatic rings. The molecule has 0 spiro atoms. The molecule has 0 radical (unpaired) electrons. The molecule has 1 aliphatic carbocycles. The van der Waals surface area contributed by atoms with E-state index in [-0.39, 0.29) is 16.8 Å². The van der Waals surface area contributed by atoms with Gasteiger partial charge in [0.2, 0.25) is 5.43 Å². The van der Waals surface area contributed by atoms with E-state index in [1.807, 2.05) is 6.20 Å². The lowest BCUT2D eigenvalue weighted by Gasteiger charge is -2.27. The minimum absolute atomic E-state index is 0.230. The number of benzene rings is 1. The summed E-state index contributed by atoms with van der Waals surface area (Å²) in [5.41, 5.74) is 6.33. The van der Waals surface area contributed by atoms with Crippen molar-refractivity contribution in [3.05, 3.63) is 69.7 Å². The minimum Gasteiger partial charge on any atom is -0.477 e. The molecule has 5 heterocycles. The minimum atomic E-state index is -1.28. The van der Waals surface area contributed by atoms with E-state index in [4.69, 9.17) is 4.98 Å². The van der Waals surface area contributed by atoms with Crippen LogP contribution in [0.5, 0.6) is 0 Å². The fourth-order valence-electron chi connectivity index (χ4n) is 6.96. The molecule has 1 unspecified atom stereocenters. The van der Waals surface area contributed by atoms with Crippen LogP contribution in [0.3, 0.4) is 0 Å². The summed E-state index contributed by atoms with van der Waals surface area (Å²) in [6, 6.07) is 5.25. The number of anilines is 2. The highest BCUT2D eigenvalue weighted by Gasteiger charge is 2.42. The number of aryl methyl sites for hydroxylation is 1. The molecule has 1 aromatic carbocycles. The number of carboxylic acids is 1. The molecule has 2 N–H and O–H groups in total. The SMILES string of the molecule is CNc1cc(F)cc2c1Cc1ncc(-c3cnc4c(c3)c(=O)c(C(=O)O)cn4C)c(N3CC4[C@H](CCN4C)C3)c1-2. The van der Waals surface area contributed by atoms with Crippen LogP contribution in [-0.4, -0.2) is 70.3 Å². The van der Waals surface area contributed by atoms with Crippen molar-refractivity contribution < 1.29 is 14.3 Å². The number of carboxylic acid groups (broad SMARTS) is 1. The average Bonchev–Trinajstić information content (AvgIpc) is 3.63. The molecule has 2 saturated heterocycles. The average molecular weight is 541 g/mol. The highest BCUT2D eigenvalue weighted by Crippen LogP contribution is 2.50. The van der Waals surface area contributed by atoms with Crippen molar-refractivity contribution in [2.75, 3.05) is 43.9 Å². The number of nitrogens with one attached hydrogen (secondary N) is 1. The molecule has 3 aromatic heterocycles. The molecule has 0 saturated carbocycles. The van der Waals surface area contributed by atoms with E-state index in [9.17, 15) is 19.1 Å². The van der Waals surface area contributed by atoms with Gasteiger partial charge in [0.25, 0.3) is 0 Å². The van der Waals surface area contributed by atoms with Gasteiger partial charge in [-0.3, -0.25) is 9.78 Å². The Balaban J connectivity index is 1.48. The number of rotatable bonds is 4. The Morgan fingerprint density at radius 1 is 1.12 bits per heavy atom. The van der Waals surface area contributed by atoms with Crippen LogP contribution in [0.25, 0.3) is 33.3 Å². The third-order valence-electron chi connectivity index (χ3n) is 8.92. The largest absolute Gasteiger partial charge is 0.477 e. The molecule has 9 nitrogen and oxygen atoms in total. The lowest BCUT2D eigenvalue weighted by atomic mass is 9.97. The molecule has 3 aliphatic rings. The number of aromatic carboxylic acids is 1. The zero-order valence-electron chi connectivity index (χ0n) is 22.5. The Bertz CT molecular complexity index is 1800. The maximum atomic E-state index is 14.9. The fraction of sp³-hybridized carbons (Fsp3) is 0.333.